The average molecular weight is 309 g/mol. The van der Waals surface area contributed by atoms with Crippen LogP contribution in [0, 0.1) is 5.92 Å². The number of nitrogens with zero attached hydrogens (tertiary/aromatic N) is 4. The average Bonchev–Trinajstić information content (AvgIpc) is 2.78. The normalized spacial score (nSPS) is 11.3. The van der Waals surface area contributed by atoms with Gasteiger partial charge in [0.05, 0.1) is 0 Å². The first-order valence-electron chi connectivity index (χ1n) is 6.86. The van der Waals surface area contributed by atoms with E-state index in [4.69, 9.17) is 5.11 Å². The molecule has 0 radical (unpaired) electrons. The molecule has 0 amide bonds. The molecule has 0 fully saturated rings. The molecule has 0 aromatic carbocycles. The maximum Gasteiger partial charge on any atom is 0.332 e. The second-order valence-corrected chi connectivity index (χ2v) is 5.57. The molecule has 2 aromatic heterocycles. The van der Waals surface area contributed by atoms with Crippen LogP contribution in [0.15, 0.2) is 9.59 Å². The number of rotatable bonds is 5. The van der Waals surface area contributed by atoms with Gasteiger partial charge in [0.1, 0.15) is 6.54 Å². The van der Waals surface area contributed by atoms with E-state index in [0.717, 1.165) is 4.57 Å². The van der Waals surface area contributed by atoms with Gasteiger partial charge in [-0.3, -0.25) is 18.7 Å². The fourth-order valence-corrected chi connectivity index (χ4v) is 2.28. The standard InChI is InChI=1S/C13H19N5O4/c1-7(2)6-18-9-10(15-12(18)14-5-8(19)20)16(3)13(22)17(4)11(9)21/h7H,5-6H2,1-4H3,(H,14,15)(H,19,20). The molecule has 0 atom stereocenters. The largest absolute Gasteiger partial charge is 0.480 e. The smallest absolute Gasteiger partial charge is 0.332 e. The van der Waals surface area contributed by atoms with E-state index in [-0.39, 0.29) is 29.6 Å². The summed E-state index contributed by atoms with van der Waals surface area (Å²) >= 11 is 0. The van der Waals surface area contributed by atoms with Crippen molar-refractivity contribution < 1.29 is 9.90 Å². The predicted octanol–water partition coefficient (Wildman–Crippen LogP) is -0.414. The number of fused-ring (bicyclic) bond motifs is 1. The number of aliphatic carboxylic acids is 1. The molecule has 9 heteroatoms. The van der Waals surface area contributed by atoms with Crippen molar-refractivity contribution in [2.75, 3.05) is 11.9 Å². The van der Waals surface area contributed by atoms with Crippen LogP contribution >= 0.6 is 0 Å². The van der Waals surface area contributed by atoms with Gasteiger partial charge in [-0.1, -0.05) is 13.8 Å². The number of aryl methyl sites for hydroxylation is 1. The fraction of sp³-hybridized carbons (Fsp3) is 0.538. The molecule has 0 saturated carbocycles. The minimum Gasteiger partial charge on any atom is -0.480 e. The molecule has 0 aliphatic carbocycles. The third-order valence-corrected chi connectivity index (χ3v) is 3.29. The minimum absolute atomic E-state index is 0.213. The molecule has 22 heavy (non-hydrogen) atoms. The van der Waals surface area contributed by atoms with Crippen LogP contribution in [0.1, 0.15) is 13.8 Å². The van der Waals surface area contributed by atoms with Gasteiger partial charge in [-0.25, -0.2) is 4.79 Å². The number of nitrogens with one attached hydrogen (secondary N) is 1. The van der Waals surface area contributed by atoms with Crippen molar-refractivity contribution in [3.05, 3.63) is 20.8 Å². The van der Waals surface area contributed by atoms with Crippen molar-refractivity contribution in [3.63, 3.8) is 0 Å². The van der Waals surface area contributed by atoms with E-state index in [0.29, 0.717) is 6.54 Å². The summed E-state index contributed by atoms with van der Waals surface area (Å²) < 4.78 is 3.92. The highest BCUT2D eigenvalue weighted by Crippen LogP contribution is 2.17. The highest BCUT2D eigenvalue weighted by molar-refractivity contribution is 5.76. The second-order valence-electron chi connectivity index (χ2n) is 5.57. The summed E-state index contributed by atoms with van der Waals surface area (Å²) in [6, 6.07) is 0. The summed E-state index contributed by atoms with van der Waals surface area (Å²) in [4.78, 5) is 39.4. The molecular weight excluding hydrogens is 290 g/mol. The van der Waals surface area contributed by atoms with Gasteiger partial charge in [0, 0.05) is 20.6 Å². The molecule has 2 aromatic rings. The van der Waals surface area contributed by atoms with Gasteiger partial charge in [0.15, 0.2) is 11.2 Å². The van der Waals surface area contributed by atoms with Gasteiger partial charge in [-0.15, -0.1) is 0 Å². The lowest BCUT2D eigenvalue weighted by molar-refractivity contribution is -0.134. The molecule has 0 aliphatic heterocycles. The van der Waals surface area contributed by atoms with Crippen LogP contribution in [0.3, 0.4) is 0 Å². The quantitative estimate of drug-likeness (QED) is 0.776. The van der Waals surface area contributed by atoms with Gasteiger partial charge in [-0.2, -0.15) is 4.98 Å². The van der Waals surface area contributed by atoms with Crippen LogP contribution in [0.25, 0.3) is 11.2 Å². The van der Waals surface area contributed by atoms with E-state index in [9.17, 15) is 14.4 Å². The Morgan fingerprint density at radius 2 is 1.91 bits per heavy atom. The van der Waals surface area contributed by atoms with E-state index in [2.05, 4.69) is 10.3 Å². The summed E-state index contributed by atoms with van der Waals surface area (Å²) in [6.45, 7) is 4.10. The topological polar surface area (TPSA) is 111 Å². The molecule has 0 aliphatic rings. The summed E-state index contributed by atoms with van der Waals surface area (Å²) in [7, 11) is 2.93. The van der Waals surface area contributed by atoms with Crippen LogP contribution < -0.4 is 16.6 Å². The number of hydrogen-bond donors (Lipinski definition) is 2. The lowest BCUT2D eigenvalue weighted by Gasteiger charge is -2.12. The SMILES string of the molecule is CC(C)Cn1c(NCC(=O)O)nc2c1c(=O)n(C)c(=O)n2C. The van der Waals surface area contributed by atoms with Crippen molar-refractivity contribution in [2.24, 2.45) is 20.0 Å². The monoisotopic (exact) mass is 309 g/mol. The zero-order chi connectivity index (χ0) is 16.6. The number of anilines is 1. The van der Waals surface area contributed by atoms with Gasteiger partial charge < -0.3 is 15.0 Å². The Bertz CT molecular complexity index is 843. The van der Waals surface area contributed by atoms with E-state index >= 15 is 0 Å². The lowest BCUT2D eigenvalue weighted by atomic mass is 10.2. The van der Waals surface area contributed by atoms with Crippen molar-refractivity contribution in [1.29, 1.82) is 0 Å². The molecular formula is C13H19N5O4. The first kappa shape index (κ1) is 15.8. The van der Waals surface area contributed by atoms with Gasteiger partial charge in [-0.05, 0) is 5.92 Å². The third kappa shape index (κ3) is 2.61. The van der Waals surface area contributed by atoms with Gasteiger partial charge in [0.25, 0.3) is 5.56 Å². The summed E-state index contributed by atoms with van der Waals surface area (Å²) in [5.41, 5.74) is -0.404. The van der Waals surface area contributed by atoms with E-state index in [1.54, 1.807) is 4.57 Å². The van der Waals surface area contributed by atoms with E-state index < -0.39 is 17.2 Å². The van der Waals surface area contributed by atoms with Crippen LogP contribution in [-0.4, -0.2) is 36.3 Å². The fourth-order valence-electron chi connectivity index (χ4n) is 2.28. The van der Waals surface area contributed by atoms with Crippen LogP contribution in [0.5, 0.6) is 0 Å². The molecule has 9 nitrogen and oxygen atoms in total. The molecule has 2 N–H and O–H groups in total. The molecule has 0 unspecified atom stereocenters. The zero-order valence-corrected chi connectivity index (χ0v) is 13.0. The van der Waals surface area contributed by atoms with Crippen LogP contribution in [-0.2, 0) is 25.4 Å². The Balaban J connectivity index is 2.77. The number of carbonyl (C=O) groups is 1. The lowest BCUT2D eigenvalue weighted by Crippen LogP contribution is -2.37. The summed E-state index contributed by atoms with van der Waals surface area (Å²) in [5.74, 6) is -0.556. The summed E-state index contributed by atoms with van der Waals surface area (Å²) in [6.07, 6.45) is 0. The van der Waals surface area contributed by atoms with Crippen molar-refractivity contribution >= 4 is 23.1 Å². The summed E-state index contributed by atoms with van der Waals surface area (Å²) in [5, 5.41) is 11.5. The Kier molecular flexibility index (Phi) is 4.07. The molecule has 2 heterocycles. The van der Waals surface area contributed by atoms with Crippen molar-refractivity contribution in [1.82, 2.24) is 18.7 Å². The highest BCUT2D eigenvalue weighted by atomic mass is 16.4. The molecule has 0 bridgehead atoms. The Hall–Kier alpha value is -2.58. The van der Waals surface area contributed by atoms with Gasteiger partial charge in [0.2, 0.25) is 5.95 Å². The van der Waals surface area contributed by atoms with Crippen molar-refractivity contribution in [2.45, 2.75) is 20.4 Å². The van der Waals surface area contributed by atoms with Crippen LogP contribution in [0.4, 0.5) is 5.95 Å². The molecule has 120 valence electrons. The number of carboxylic acids is 1. The maximum absolute atomic E-state index is 12.4. The van der Waals surface area contributed by atoms with Gasteiger partial charge >= 0.3 is 11.7 Å². The van der Waals surface area contributed by atoms with Crippen LogP contribution in [0.2, 0.25) is 0 Å². The second kappa shape index (κ2) is 5.66. The number of hydrogen-bond acceptors (Lipinski definition) is 5. The minimum atomic E-state index is -1.04. The number of imidazole rings is 1. The Morgan fingerprint density at radius 1 is 1.27 bits per heavy atom. The molecule has 2 rings (SSSR count). The zero-order valence-electron chi connectivity index (χ0n) is 13.0. The molecule has 0 saturated heterocycles. The Morgan fingerprint density at radius 3 is 2.45 bits per heavy atom. The first-order valence-corrected chi connectivity index (χ1v) is 6.86. The molecule has 0 spiro atoms. The highest BCUT2D eigenvalue weighted by Gasteiger charge is 2.19. The third-order valence-electron chi connectivity index (χ3n) is 3.29. The maximum atomic E-state index is 12.4. The van der Waals surface area contributed by atoms with E-state index in [1.165, 1.54) is 18.7 Å². The Labute approximate surface area is 125 Å². The number of carboxylic acid groups (broad SMARTS) is 1. The van der Waals surface area contributed by atoms with Crippen molar-refractivity contribution in [3.8, 4) is 0 Å². The number of aromatic nitrogens is 4. The first-order chi connectivity index (χ1) is 10.2. The predicted molar refractivity (Wildman–Crippen MR) is 81.2 cm³/mol. The van der Waals surface area contributed by atoms with E-state index in [1.807, 2.05) is 13.8 Å².